The molecule has 138 valence electrons. The summed E-state index contributed by atoms with van der Waals surface area (Å²) in [6.45, 7) is 2.15. The smallest absolute Gasteiger partial charge is 0.261 e. The van der Waals surface area contributed by atoms with Crippen molar-refractivity contribution >= 4 is 32.7 Å². The normalized spacial score (nSPS) is 19.6. The molecule has 0 bridgehead atoms. The lowest BCUT2D eigenvalue weighted by molar-refractivity contribution is -0.122. The van der Waals surface area contributed by atoms with Crippen LogP contribution in [0.5, 0.6) is 0 Å². The number of rotatable bonds is 5. The van der Waals surface area contributed by atoms with Crippen LogP contribution in [0.4, 0.5) is 0 Å². The number of carbonyl (C=O) groups excluding carboxylic acids is 1. The molecule has 2 aromatic carbocycles. The van der Waals surface area contributed by atoms with E-state index in [4.69, 9.17) is 0 Å². The quantitative estimate of drug-likeness (QED) is 0.677. The van der Waals surface area contributed by atoms with Crippen molar-refractivity contribution in [3.8, 4) is 0 Å². The summed E-state index contributed by atoms with van der Waals surface area (Å²) in [5.41, 5.74) is 1.51. The molecule has 1 fully saturated rings. The Morgan fingerprint density at radius 1 is 1.30 bits per heavy atom. The van der Waals surface area contributed by atoms with Gasteiger partial charge in [-0.3, -0.25) is 14.2 Å². The van der Waals surface area contributed by atoms with Gasteiger partial charge in [0.2, 0.25) is 5.91 Å². The van der Waals surface area contributed by atoms with Crippen molar-refractivity contribution in [2.45, 2.75) is 25.9 Å². The van der Waals surface area contributed by atoms with Crippen molar-refractivity contribution in [2.24, 2.45) is 11.8 Å². The third kappa shape index (κ3) is 3.81. The summed E-state index contributed by atoms with van der Waals surface area (Å²) in [4.78, 5) is 29.7. The number of nitrogens with zero attached hydrogens (tertiary/aromatic N) is 2. The van der Waals surface area contributed by atoms with E-state index in [9.17, 15) is 9.59 Å². The fraction of sp³-hybridized carbons (Fsp3) is 0.286. The van der Waals surface area contributed by atoms with E-state index in [1.165, 1.54) is 10.9 Å². The maximum Gasteiger partial charge on any atom is 0.261 e. The van der Waals surface area contributed by atoms with Crippen molar-refractivity contribution in [1.29, 1.82) is 0 Å². The molecular formula is C21H20BrN3O2. The molecule has 27 heavy (non-hydrogen) atoms. The molecule has 1 aliphatic carbocycles. The minimum absolute atomic E-state index is 0.0213. The van der Waals surface area contributed by atoms with Crippen LogP contribution in [-0.2, 0) is 11.3 Å². The first-order valence-corrected chi connectivity index (χ1v) is 9.81. The number of aromatic nitrogens is 2. The highest BCUT2D eigenvalue weighted by Crippen LogP contribution is 2.46. The first-order chi connectivity index (χ1) is 13.0. The number of amides is 1. The zero-order valence-electron chi connectivity index (χ0n) is 14.9. The fourth-order valence-corrected chi connectivity index (χ4v) is 3.89. The standard InChI is InChI=1S/C21H20BrN3O2/c1-13-9-16(13)20(14-5-3-2-4-6-14)24-19(26)11-25-12-23-18-8-7-15(22)10-17(18)21(25)27/h2-8,10,12-13,16,20H,9,11H2,1H3,(H,24,26). The summed E-state index contributed by atoms with van der Waals surface area (Å²) in [5, 5.41) is 3.62. The van der Waals surface area contributed by atoms with Crippen molar-refractivity contribution in [1.82, 2.24) is 14.9 Å². The number of halogens is 1. The lowest BCUT2D eigenvalue weighted by atomic mass is 10.0. The Hall–Kier alpha value is -2.47. The van der Waals surface area contributed by atoms with Gasteiger partial charge < -0.3 is 5.32 Å². The average molecular weight is 426 g/mol. The highest BCUT2D eigenvalue weighted by molar-refractivity contribution is 9.10. The maximum atomic E-state index is 12.7. The highest BCUT2D eigenvalue weighted by Gasteiger charge is 2.40. The fourth-order valence-electron chi connectivity index (χ4n) is 3.53. The van der Waals surface area contributed by atoms with E-state index in [-0.39, 0.29) is 24.1 Å². The van der Waals surface area contributed by atoms with E-state index in [0.29, 0.717) is 22.7 Å². The molecule has 0 radical (unpaired) electrons. The van der Waals surface area contributed by atoms with Crippen LogP contribution in [-0.4, -0.2) is 15.5 Å². The van der Waals surface area contributed by atoms with Crippen LogP contribution >= 0.6 is 15.9 Å². The van der Waals surface area contributed by atoms with Gasteiger partial charge in [-0.2, -0.15) is 0 Å². The van der Waals surface area contributed by atoms with Gasteiger partial charge in [-0.15, -0.1) is 0 Å². The van der Waals surface area contributed by atoms with Crippen molar-refractivity contribution in [2.75, 3.05) is 0 Å². The highest BCUT2D eigenvalue weighted by atomic mass is 79.9. The Morgan fingerprint density at radius 3 is 2.74 bits per heavy atom. The molecule has 1 heterocycles. The predicted molar refractivity (Wildman–Crippen MR) is 108 cm³/mol. The topological polar surface area (TPSA) is 64.0 Å². The molecule has 3 unspecified atom stereocenters. The molecule has 0 aliphatic heterocycles. The SMILES string of the molecule is CC1CC1C(NC(=O)Cn1cnc2ccc(Br)cc2c1=O)c1ccccc1. The van der Waals surface area contributed by atoms with Crippen LogP contribution in [0.3, 0.4) is 0 Å². The molecule has 3 atom stereocenters. The van der Waals surface area contributed by atoms with Crippen LogP contribution in [0.15, 0.2) is 64.1 Å². The molecule has 5 nitrogen and oxygen atoms in total. The third-order valence-corrected chi connectivity index (χ3v) is 5.67. The van der Waals surface area contributed by atoms with E-state index in [0.717, 1.165) is 16.5 Å². The van der Waals surface area contributed by atoms with E-state index >= 15 is 0 Å². The molecular weight excluding hydrogens is 406 g/mol. The Morgan fingerprint density at radius 2 is 2.04 bits per heavy atom. The summed E-state index contributed by atoms with van der Waals surface area (Å²) in [6, 6.07) is 15.3. The first-order valence-electron chi connectivity index (χ1n) is 9.02. The molecule has 1 N–H and O–H groups in total. The Balaban J connectivity index is 1.56. The zero-order valence-corrected chi connectivity index (χ0v) is 16.5. The van der Waals surface area contributed by atoms with Crippen LogP contribution in [0, 0.1) is 11.8 Å². The summed E-state index contributed by atoms with van der Waals surface area (Å²) < 4.78 is 2.17. The van der Waals surface area contributed by atoms with Gasteiger partial charge >= 0.3 is 0 Å². The van der Waals surface area contributed by atoms with E-state index in [2.05, 4.69) is 33.2 Å². The van der Waals surface area contributed by atoms with Crippen molar-refractivity contribution in [3.63, 3.8) is 0 Å². The van der Waals surface area contributed by atoms with Crippen LogP contribution in [0.25, 0.3) is 10.9 Å². The van der Waals surface area contributed by atoms with E-state index in [1.807, 2.05) is 36.4 Å². The van der Waals surface area contributed by atoms with Gasteiger partial charge in [0.15, 0.2) is 0 Å². The molecule has 4 rings (SSSR count). The molecule has 3 aromatic rings. The largest absolute Gasteiger partial charge is 0.347 e. The van der Waals surface area contributed by atoms with E-state index < -0.39 is 0 Å². The minimum atomic E-state index is -0.215. The van der Waals surface area contributed by atoms with Crippen molar-refractivity contribution in [3.05, 3.63) is 75.2 Å². The number of fused-ring (bicyclic) bond motifs is 1. The van der Waals surface area contributed by atoms with Gasteiger partial charge in [-0.25, -0.2) is 4.98 Å². The number of benzene rings is 2. The first kappa shape index (κ1) is 17.9. The maximum absolute atomic E-state index is 12.7. The Bertz CT molecular complexity index is 1050. The number of carbonyl (C=O) groups is 1. The van der Waals surface area contributed by atoms with Gasteiger partial charge in [-0.1, -0.05) is 53.2 Å². The monoisotopic (exact) mass is 425 g/mol. The second kappa shape index (κ2) is 7.27. The molecule has 1 aliphatic rings. The lowest BCUT2D eigenvalue weighted by Gasteiger charge is -2.20. The van der Waals surface area contributed by atoms with Gasteiger partial charge in [0.25, 0.3) is 5.56 Å². The predicted octanol–water partition coefficient (Wildman–Crippen LogP) is 3.67. The molecule has 1 aromatic heterocycles. The van der Waals surface area contributed by atoms with Crippen LogP contribution in [0.2, 0.25) is 0 Å². The van der Waals surface area contributed by atoms with Crippen LogP contribution in [0.1, 0.15) is 24.9 Å². The third-order valence-electron chi connectivity index (χ3n) is 5.18. The lowest BCUT2D eigenvalue weighted by Crippen LogP contribution is -2.35. The number of nitrogens with one attached hydrogen (secondary N) is 1. The molecule has 1 amide bonds. The molecule has 0 saturated heterocycles. The van der Waals surface area contributed by atoms with Gasteiger partial charge in [0.05, 0.1) is 23.3 Å². The van der Waals surface area contributed by atoms with Gasteiger partial charge in [0.1, 0.15) is 6.54 Å². The van der Waals surface area contributed by atoms with Crippen molar-refractivity contribution < 1.29 is 4.79 Å². The second-order valence-corrected chi connectivity index (χ2v) is 8.09. The Labute approximate surface area is 165 Å². The van der Waals surface area contributed by atoms with Crippen LogP contribution < -0.4 is 10.9 Å². The van der Waals surface area contributed by atoms with Gasteiger partial charge in [0, 0.05) is 4.47 Å². The number of hydrogen-bond donors (Lipinski definition) is 1. The van der Waals surface area contributed by atoms with E-state index in [1.54, 1.807) is 12.1 Å². The summed E-state index contributed by atoms with van der Waals surface area (Å²) in [5.74, 6) is 0.859. The minimum Gasteiger partial charge on any atom is -0.347 e. The average Bonchev–Trinajstić information content (AvgIpc) is 3.39. The zero-order chi connectivity index (χ0) is 19.0. The Kier molecular flexibility index (Phi) is 4.83. The summed E-state index contributed by atoms with van der Waals surface area (Å²) in [7, 11) is 0. The summed E-state index contributed by atoms with van der Waals surface area (Å²) in [6.07, 6.45) is 2.54. The summed E-state index contributed by atoms with van der Waals surface area (Å²) >= 11 is 3.37. The molecule has 1 saturated carbocycles. The molecule has 6 heteroatoms. The molecule has 0 spiro atoms. The van der Waals surface area contributed by atoms with Gasteiger partial charge in [-0.05, 0) is 42.0 Å². The number of hydrogen-bond acceptors (Lipinski definition) is 3. The second-order valence-electron chi connectivity index (χ2n) is 7.17.